The van der Waals surface area contributed by atoms with Crippen molar-refractivity contribution in [3.8, 4) is 11.8 Å². The van der Waals surface area contributed by atoms with Gasteiger partial charge in [-0.15, -0.1) is 0 Å². The van der Waals surface area contributed by atoms with Gasteiger partial charge in [0.05, 0.1) is 12.2 Å². The largest absolute Gasteiger partial charge is 0.399 e. The number of hydrogen-bond acceptors (Lipinski definition) is 6. The first-order valence-corrected chi connectivity index (χ1v) is 15.4. The lowest BCUT2D eigenvalue weighted by Gasteiger charge is -2.62. The Bertz CT molecular complexity index is 1670. The van der Waals surface area contributed by atoms with E-state index >= 15 is 4.39 Å². The van der Waals surface area contributed by atoms with Crippen molar-refractivity contribution in [2.75, 3.05) is 12.3 Å². The van der Waals surface area contributed by atoms with E-state index in [-0.39, 0.29) is 12.3 Å². The number of anilines is 1. The summed E-state index contributed by atoms with van der Waals surface area (Å²) < 4.78 is 30.7. The molecule has 1 aliphatic heterocycles. The maximum absolute atomic E-state index is 17.6. The smallest absolute Gasteiger partial charge is 0.193 e. The van der Waals surface area contributed by atoms with Crippen molar-refractivity contribution in [1.82, 2.24) is 0 Å². The zero-order valence-electron chi connectivity index (χ0n) is 25.1. The lowest BCUT2D eigenvalue weighted by Crippen LogP contribution is -2.69. The number of aliphatic hydroxyl groups is 2. The Labute approximate surface area is 257 Å². The number of allylic oxidation sites excluding steroid dienone is 5. The molecule has 7 rings (SSSR count). The number of ketones is 1. The minimum atomic E-state index is -1.93. The van der Waals surface area contributed by atoms with Gasteiger partial charge in [-0.3, -0.25) is 4.79 Å². The van der Waals surface area contributed by atoms with Crippen LogP contribution in [0.15, 0.2) is 84.5 Å². The molecule has 0 spiro atoms. The fraction of sp³-hybridized carbons (Fsp3) is 0.432. The minimum Gasteiger partial charge on any atom is -0.399 e. The van der Waals surface area contributed by atoms with E-state index in [1.165, 1.54) is 0 Å². The van der Waals surface area contributed by atoms with Crippen LogP contribution in [0.25, 0.3) is 0 Å². The van der Waals surface area contributed by atoms with Gasteiger partial charge < -0.3 is 25.4 Å². The molecular weight excluding hydrogens is 557 g/mol. The summed E-state index contributed by atoms with van der Waals surface area (Å²) in [5, 5.41) is 22.0. The molecule has 0 radical (unpaired) electrons. The van der Waals surface area contributed by atoms with E-state index in [1.807, 2.05) is 80.6 Å². The summed E-state index contributed by atoms with van der Waals surface area (Å²) in [7, 11) is 0. The maximum atomic E-state index is 17.6. The predicted molar refractivity (Wildman–Crippen MR) is 165 cm³/mol. The number of aliphatic hydroxyl groups excluding tert-OH is 2. The Morgan fingerprint density at radius 1 is 1.14 bits per heavy atom. The van der Waals surface area contributed by atoms with Crippen LogP contribution in [0.1, 0.15) is 62.5 Å². The van der Waals surface area contributed by atoms with Crippen LogP contribution in [0.2, 0.25) is 0 Å². The van der Waals surface area contributed by atoms with Gasteiger partial charge in [0, 0.05) is 39.1 Å². The molecular formula is C37H38FNO5. The number of alkyl halides is 1. The highest BCUT2D eigenvalue weighted by Gasteiger charge is 2.79. The number of hydrogen-bond donors (Lipinski definition) is 3. The quantitative estimate of drug-likeness (QED) is 0.327. The van der Waals surface area contributed by atoms with E-state index < -0.39 is 58.9 Å². The highest BCUT2D eigenvalue weighted by molar-refractivity contribution is 5.91. The number of nitrogen functional groups attached to an aromatic ring is 1. The molecule has 228 valence electrons. The highest BCUT2D eigenvalue weighted by Crippen LogP contribution is 2.72. The first kappa shape index (κ1) is 29.2. The van der Waals surface area contributed by atoms with Gasteiger partial charge >= 0.3 is 0 Å². The molecule has 0 bridgehead atoms. The van der Waals surface area contributed by atoms with E-state index in [9.17, 15) is 15.0 Å². The third-order valence-corrected chi connectivity index (χ3v) is 11.5. The topological polar surface area (TPSA) is 102 Å². The molecule has 2 aromatic carbocycles. The van der Waals surface area contributed by atoms with Crippen molar-refractivity contribution in [3.05, 3.63) is 101 Å². The standard InChI is InChI=1S/C37H38FNO5/c1-22-15-16-34(2)26(17-22)13-14-28-29-19-32-37(31(42)21-40,35(29,3)20-30(41)36(28,34)38)44-33(43-32)25-11-9-23(10-12-25)7-8-24-5-4-6-27(39)18-24/h4-6,9-12,15-18,28-30,32-33,40-41H,1,13-14,19-21,39H2,2-3H3/t28-,29-,30-,32+,33+,34-,35-,36-,37+/m0/s1. The average molecular weight is 596 g/mol. The number of fused-ring (bicyclic) bond motifs is 7. The molecule has 5 aliphatic rings. The lowest BCUT2D eigenvalue weighted by molar-refractivity contribution is -0.231. The molecule has 7 heteroatoms. The Morgan fingerprint density at radius 3 is 2.61 bits per heavy atom. The molecule has 0 amide bonds. The zero-order chi connectivity index (χ0) is 31.1. The lowest BCUT2D eigenvalue weighted by atomic mass is 9.44. The van der Waals surface area contributed by atoms with Gasteiger partial charge in [0.15, 0.2) is 23.3 Å². The summed E-state index contributed by atoms with van der Waals surface area (Å²) in [4.78, 5) is 13.7. The molecule has 3 saturated carbocycles. The Morgan fingerprint density at radius 2 is 1.89 bits per heavy atom. The van der Waals surface area contributed by atoms with Gasteiger partial charge in [0.25, 0.3) is 0 Å². The second-order valence-corrected chi connectivity index (χ2v) is 13.6. The van der Waals surface area contributed by atoms with Crippen molar-refractivity contribution in [2.24, 2.45) is 22.7 Å². The highest BCUT2D eigenvalue weighted by atomic mass is 19.1. The Kier molecular flexibility index (Phi) is 6.62. The van der Waals surface area contributed by atoms with Crippen LogP contribution < -0.4 is 5.73 Å². The van der Waals surface area contributed by atoms with Crippen LogP contribution >= 0.6 is 0 Å². The monoisotopic (exact) mass is 595 g/mol. The second-order valence-electron chi connectivity index (χ2n) is 13.6. The van der Waals surface area contributed by atoms with E-state index in [4.69, 9.17) is 15.2 Å². The molecule has 4 fully saturated rings. The van der Waals surface area contributed by atoms with Gasteiger partial charge in [-0.2, -0.15) is 0 Å². The molecule has 1 saturated heterocycles. The summed E-state index contributed by atoms with van der Waals surface area (Å²) >= 11 is 0. The van der Waals surface area contributed by atoms with Crippen molar-refractivity contribution in [1.29, 1.82) is 0 Å². The molecule has 6 nitrogen and oxygen atoms in total. The van der Waals surface area contributed by atoms with Gasteiger partial charge in [-0.05, 0) is 74.4 Å². The average Bonchev–Trinajstić information content (AvgIpc) is 3.50. The number of nitrogens with two attached hydrogens (primary N) is 1. The molecule has 0 aromatic heterocycles. The number of carbonyl (C=O) groups excluding carboxylic acids is 1. The molecule has 4 aliphatic carbocycles. The molecule has 4 N–H and O–H groups in total. The fourth-order valence-corrected chi connectivity index (χ4v) is 9.28. The van der Waals surface area contributed by atoms with E-state index in [0.717, 1.165) is 22.3 Å². The summed E-state index contributed by atoms with van der Waals surface area (Å²) in [5.41, 5.74) is 5.21. The van der Waals surface area contributed by atoms with Crippen molar-refractivity contribution < 1.29 is 28.9 Å². The molecule has 44 heavy (non-hydrogen) atoms. The Balaban J connectivity index is 1.19. The van der Waals surface area contributed by atoms with Crippen LogP contribution in [-0.2, 0) is 14.3 Å². The first-order chi connectivity index (χ1) is 21.0. The number of carbonyl (C=O) groups is 1. The van der Waals surface area contributed by atoms with Gasteiger partial charge in [-0.1, -0.05) is 67.3 Å². The maximum Gasteiger partial charge on any atom is 0.193 e. The third kappa shape index (κ3) is 3.85. The van der Waals surface area contributed by atoms with Crippen LogP contribution in [-0.4, -0.2) is 46.1 Å². The molecule has 2 aromatic rings. The van der Waals surface area contributed by atoms with Crippen molar-refractivity contribution >= 4 is 11.5 Å². The number of halogens is 1. The summed E-state index contributed by atoms with van der Waals surface area (Å²) in [5.74, 6) is 4.94. The van der Waals surface area contributed by atoms with Gasteiger partial charge in [0.2, 0.25) is 0 Å². The van der Waals surface area contributed by atoms with E-state index in [2.05, 4.69) is 18.4 Å². The SMILES string of the molecule is C=C1C=C[C@@]2(C)C(=C1)CC[C@H]1[C@@H]3C[C@H]4O[C@@H](c5ccc(C#Cc6cccc(N)c6)cc5)O[C@@]4(C(=O)CO)[C@@]3(C)C[C@H](O)[C@@]12F. The zero-order valence-corrected chi connectivity index (χ0v) is 25.1. The molecule has 0 unspecified atom stereocenters. The van der Waals surface area contributed by atoms with E-state index in [1.54, 1.807) is 0 Å². The third-order valence-electron chi connectivity index (χ3n) is 11.5. The van der Waals surface area contributed by atoms with Gasteiger partial charge in [-0.25, -0.2) is 4.39 Å². The van der Waals surface area contributed by atoms with E-state index in [0.29, 0.717) is 30.5 Å². The van der Waals surface area contributed by atoms with Crippen LogP contribution in [0.3, 0.4) is 0 Å². The number of benzene rings is 2. The van der Waals surface area contributed by atoms with Gasteiger partial charge in [0.1, 0.15) is 6.61 Å². The van der Waals surface area contributed by atoms with Crippen LogP contribution in [0.5, 0.6) is 0 Å². The normalized spacial score (nSPS) is 40.2. The van der Waals surface area contributed by atoms with Crippen LogP contribution in [0, 0.1) is 34.5 Å². The first-order valence-electron chi connectivity index (χ1n) is 15.4. The molecule has 1 heterocycles. The van der Waals surface area contributed by atoms with Crippen molar-refractivity contribution in [3.63, 3.8) is 0 Å². The fourth-order valence-electron chi connectivity index (χ4n) is 9.28. The predicted octanol–water partition coefficient (Wildman–Crippen LogP) is 5.35. The minimum absolute atomic E-state index is 0.0131. The van der Waals surface area contributed by atoms with Crippen LogP contribution in [0.4, 0.5) is 10.1 Å². The number of rotatable bonds is 3. The Hall–Kier alpha value is -3.54. The molecule has 9 atom stereocenters. The number of ether oxygens (including phenoxy) is 2. The van der Waals surface area contributed by atoms with Crippen molar-refractivity contribution in [2.45, 2.75) is 69.3 Å². The summed E-state index contributed by atoms with van der Waals surface area (Å²) in [6.45, 7) is 7.09. The summed E-state index contributed by atoms with van der Waals surface area (Å²) in [6, 6.07) is 14.8. The second kappa shape index (κ2) is 9.98. The summed E-state index contributed by atoms with van der Waals surface area (Å²) in [6.07, 6.45) is 4.38. The number of Topliss-reactive ketones (excluding diaryl/α,β-unsaturated/α-hetero) is 1.